The molecule has 0 fully saturated rings. The summed E-state index contributed by atoms with van der Waals surface area (Å²) < 4.78 is 0. The van der Waals surface area contributed by atoms with Crippen LogP contribution in [-0.4, -0.2) is 49.2 Å². The molecule has 0 aromatic rings. The Bertz CT molecular complexity index is 160. The number of carbonyl (C=O) groups is 1. The van der Waals surface area contributed by atoms with Gasteiger partial charge in [0.25, 0.3) is 0 Å². The first-order valence-corrected chi connectivity index (χ1v) is 4.56. The lowest BCUT2D eigenvalue weighted by Gasteiger charge is -2.22. The zero-order chi connectivity index (χ0) is 10.4. The number of likely N-dealkylation sites (N-methyl/N-ethyl adjacent to an activating group) is 2. The first kappa shape index (κ1) is 12.4. The molecule has 13 heavy (non-hydrogen) atoms. The van der Waals surface area contributed by atoms with Gasteiger partial charge in [0.1, 0.15) is 0 Å². The van der Waals surface area contributed by atoms with E-state index in [1.54, 1.807) is 19.0 Å². The van der Waals surface area contributed by atoms with Gasteiger partial charge in [0.2, 0.25) is 5.91 Å². The minimum atomic E-state index is -0.488. The van der Waals surface area contributed by atoms with Gasteiger partial charge in [-0.15, -0.1) is 0 Å². The summed E-state index contributed by atoms with van der Waals surface area (Å²) in [5.74, 6) is 0.0574. The molecule has 4 nitrogen and oxygen atoms in total. The highest BCUT2D eigenvalue weighted by atomic mass is 16.3. The summed E-state index contributed by atoms with van der Waals surface area (Å²) in [6.07, 6.45) is -0.488. The standard InChI is InChI=1S/C9H20N2O2/c1-7(2)9(13)11(4)6-8(12)5-10-3/h7-8,10,12H,5-6H2,1-4H3/t8-/m1/s1. The number of nitrogens with zero attached hydrogens (tertiary/aromatic N) is 1. The van der Waals surface area contributed by atoms with Gasteiger partial charge in [-0.2, -0.15) is 0 Å². The fraction of sp³-hybridized carbons (Fsp3) is 0.889. The largest absolute Gasteiger partial charge is 0.390 e. The van der Waals surface area contributed by atoms with E-state index in [0.29, 0.717) is 13.1 Å². The molecule has 0 rings (SSSR count). The summed E-state index contributed by atoms with van der Waals surface area (Å²) in [7, 11) is 3.48. The van der Waals surface area contributed by atoms with Gasteiger partial charge >= 0.3 is 0 Å². The number of hydrogen-bond acceptors (Lipinski definition) is 3. The topological polar surface area (TPSA) is 52.6 Å². The van der Waals surface area contributed by atoms with Crippen molar-refractivity contribution in [2.75, 3.05) is 27.2 Å². The van der Waals surface area contributed by atoms with Gasteiger partial charge in [-0.05, 0) is 7.05 Å². The molecular weight excluding hydrogens is 168 g/mol. The van der Waals surface area contributed by atoms with E-state index in [1.807, 2.05) is 13.8 Å². The van der Waals surface area contributed by atoms with Crippen LogP contribution < -0.4 is 5.32 Å². The van der Waals surface area contributed by atoms with E-state index < -0.39 is 6.10 Å². The van der Waals surface area contributed by atoms with Crippen LogP contribution in [0.15, 0.2) is 0 Å². The first-order valence-electron chi connectivity index (χ1n) is 4.56. The molecule has 0 saturated heterocycles. The van der Waals surface area contributed by atoms with Crippen LogP contribution in [0.4, 0.5) is 0 Å². The quantitative estimate of drug-likeness (QED) is 0.622. The van der Waals surface area contributed by atoms with Gasteiger partial charge < -0.3 is 15.3 Å². The molecule has 0 aliphatic heterocycles. The Hall–Kier alpha value is -0.610. The van der Waals surface area contributed by atoms with Gasteiger partial charge in [0.05, 0.1) is 6.10 Å². The van der Waals surface area contributed by atoms with E-state index in [9.17, 15) is 9.90 Å². The summed E-state index contributed by atoms with van der Waals surface area (Å²) in [6, 6.07) is 0. The predicted molar refractivity (Wildman–Crippen MR) is 52.4 cm³/mol. The Morgan fingerprint density at radius 1 is 1.54 bits per heavy atom. The number of hydrogen-bond donors (Lipinski definition) is 2. The smallest absolute Gasteiger partial charge is 0.224 e. The van der Waals surface area contributed by atoms with Crippen LogP contribution >= 0.6 is 0 Å². The number of rotatable bonds is 5. The molecule has 0 aromatic carbocycles. The Morgan fingerprint density at radius 2 is 2.08 bits per heavy atom. The second-order valence-corrected chi connectivity index (χ2v) is 3.58. The molecule has 2 N–H and O–H groups in total. The minimum absolute atomic E-state index is 0.00761. The average molecular weight is 188 g/mol. The highest BCUT2D eigenvalue weighted by Gasteiger charge is 2.15. The van der Waals surface area contributed by atoms with Crippen molar-refractivity contribution in [3.63, 3.8) is 0 Å². The van der Waals surface area contributed by atoms with Crippen molar-refractivity contribution in [3.8, 4) is 0 Å². The van der Waals surface area contributed by atoms with Crippen molar-refractivity contribution >= 4 is 5.91 Å². The van der Waals surface area contributed by atoms with Crippen LogP contribution in [0.1, 0.15) is 13.8 Å². The molecular formula is C9H20N2O2. The van der Waals surface area contributed by atoms with Crippen LogP contribution in [0.3, 0.4) is 0 Å². The molecule has 0 aromatic heterocycles. The first-order chi connectivity index (χ1) is 5.99. The summed E-state index contributed by atoms with van der Waals surface area (Å²) in [5.41, 5.74) is 0. The number of aliphatic hydroxyl groups excluding tert-OH is 1. The fourth-order valence-electron chi connectivity index (χ4n) is 1.15. The van der Waals surface area contributed by atoms with Crippen LogP contribution in [0.2, 0.25) is 0 Å². The molecule has 0 heterocycles. The lowest BCUT2D eigenvalue weighted by atomic mass is 10.2. The lowest BCUT2D eigenvalue weighted by molar-refractivity contribution is -0.134. The number of nitrogens with one attached hydrogen (secondary N) is 1. The molecule has 0 unspecified atom stereocenters. The van der Waals surface area contributed by atoms with Gasteiger partial charge in [-0.1, -0.05) is 13.8 Å². The molecule has 0 spiro atoms. The molecule has 4 heteroatoms. The number of carbonyl (C=O) groups excluding carboxylic acids is 1. The molecule has 0 aliphatic rings. The number of amides is 1. The van der Waals surface area contributed by atoms with Crippen molar-refractivity contribution in [2.45, 2.75) is 20.0 Å². The van der Waals surface area contributed by atoms with Crippen LogP contribution in [0.5, 0.6) is 0 Å². The lowest BCUT2D eigenvalue weighted by Crippen LogP contribution is -2.40. The monoisotopic (exact) mass is 188 g/mol. The molecule has 1 amide bonds. The molecule has 0 bridgehead atoms. The molecule has 1 atom stereocenters. The van der Waals surface area contributed by atoms with Crippen molar-refractivity contribution in [3.05, 3.63) is 0 Å². The molecule has 0 radical (unpaired) electrons. The van der Waals surface area contributed by atoms with Crippen molar-refractivity contribution in [1.82, 2.24) is 10.2 Å². The molecule has 0 aliphatic carbocycles. The third-order valence-electron chi connectivity index (χ3n) is 1.79. The zero-order valence-electron chi connectivity index (χ0n) is 8.87. The SMILES string of the molecule is CNC[C@@H](O)CN(C)C(=O)C(C)C. The van der Waals surface area contributed by atoms with Crippen LogP contribution in [-0.2, 0) is 4.79 Å². The Morgan fingerprint density at radius 3 is 2.46 bits per heavy atom. The van der Waals surface area contributed by atoms with E-state index in [-0.39, 0.29) is 11.8 Å². The third kappa shape index (κ3) is 4.85. The van der Waals surface area contributed by atoms with Gasteiger partial charge in [-0.25, -0.2) is 0 Å². The maximum Gasteiger partial charge on any atom is 0.224 e. The maximum absolute atomic E-state index is 11.4. The van der Waals surface area contributed by atoms with E-state index in [2.05, 4.69) is 5.32 Å². The Kier molecular flexibility index (Phi) is 5.66. The second kappa shape index (κ2) is 5.94. The van der Waals surface area contributed by atoms with Crippen molar-refractivity contribution in [2.24, 2.45) is 5.92 Å². The normalized spacial score (nSPS) is 13.1. The molecule has 78 valence electrons. The van der Waals surface area contributed by atoms with E-state index in [4.69, 9.17) is 0 Å². The van der Waals surface area contributed by atoms with Crippen molar-refractivity contribution in [1.29, 1.82) is 0 Å². The maximum atomic E-state index is 11.4. The predicted octanol–water partition coefficient (Wildman–Crippen LogP) is -0.319. The average Bonchev–Trinajstić information content (AvgIpc) is 2.03. The zero-order valence-corrected chi connectivity index (χ0v) is 8.87. The summed E-state index contributed by atoms with van der Waals surface area (Å²) in [6.45, 7) is 4.60. The van der Waals surface area contributed by atoms with Gasteiger partial charge in [-0.3, -0.25) is 4.79 Å². The van der Waals surface area contributed by atoms with Gasteiger partial charge in [0.15, 0.2) is 0 Å². The molecule has 0 saturated carbocycles. The van der Waals surface area contributed by atoms with Crippen LogP contribution in [0.25, 0.3) is 0 Å². The second-order valence-electron chi connectivity index (χ2n) is 3.58. The summed E-state index contributed by atoms with van der Waals surface area (Å²) in [5, 5.41) is 12.2. The summed E-state index contributed by atoms with van der Waals surface area (Å²) in [4.78, 5) is 12.9. The summed E-state index contributed by atoms with van der Waals surface area (Å²) >= 11 is 0. The van der Waals surface area contributed by atoms with Crippen LogP contribution in [0, 0.1) is 5.92 Å². The van der Waals surface area contributed by atoms with E-state index in [0.717, 1.165) is 0 Å². The van der Waals surface area contributed by atoms with Gasteiger partial charge in [0, 0.05) is 26.1 Å². The van der Waals surface area contributed by atoms with Crippen molar-refractivity contribution < 1.29 is 9.90 Å². The Labute approximate surface area is 79.9 Å². The fourth-order valence-corrected chi connectivity index (χ4v) is 1.15. The van der Waals surface area contributed by atoms with E-state index >= 15 is 0 Å². The third-order valence-corrected chi connectivity index (χ3v) is 1.79. The number of aliphatic hydroxyl groups is 1. The minimum Gasteiger partial charge on any atom is -0.390 e. The Balaban J connectivity index is 3.85. The van der Waals surface area contributed by atoms with E-state index in [1.165, 1.54) is 0 Å². The highest BCUT2D eigenvalue weighted by Crippen LogP contribution is 1.99. The highest BCUT2D eigenvalue weighted by molar-refractivity contribution is 5.77.